The number of aliphatic hydroxyl groups is 1. The molecule has 0 aromatic heterocycles. The molecule has 0 saturated heterocycles. The molecule has 37 heavy (non-hydrogen) atoms. The summed E-state index contributed by atoms with van der Waals surface area (Å²) in [7, 11) is 0. The van der Waals surface area contributed by atoms with E-state index in [2.05, 4.69) is 16.0 Å². The largest absolute Gasteiger partial charge is 0.481 e. The van der Waals surface area contributed by atoms with Crippen LogP contribution in [0.25, 0.3) is 0 Å². The van der Waals surface area contributed by atoms with Gasteiger partial charge in [-0.25, -0.2) is 0 Å². The molecule has 3 aromatic rings. The van der Waals surface area contributed by atoms with E-state index in [4.69, 9.17) is 4.74 Å². The van der Waals surface area contributed by atoms with E-state index in [0.29, 0.717) is 22.6 Å². The molecule has 0 saturated carbocycles. The van der Waals surface area contributed by atoms with E-state index in [9.17, 15) is 19.5 Å². The van der Waals surface area contributed by atoms with Crippen LogP contribution in [0.5, 0.6) is 5.75 Å². The maximum atomic E-state index is 13.7. The Hall–Kier alpha value is -4.17. The van der Waals surface area contributed by atoms with E-state index >= 15 is 0 Å². The zero-order valence-corrected chi connectivity index (χ0v) is 20.8. The first-order valence-corrected chi connectivity index (χ1v) is 12.3. The number of benzene rings is 3. The number of carbonyl (C=O) groups excluding carboxylic acids is 3. The molecule has 0 aliphatic carbocycles. The maximum Gasteiger partial charge on any atom is 0.251 e. The van der Waals surface area contributed by atoms with Crippen molar-refractivity contribution in [2.24, 2.45) is 5.92 Å². The normalized spacial score (nSPS) is 18.4. The minimum atomic E-state index is -1.27. The Balaban J connectivity index is 1.64. The summed E-state index contributed by atoms with van der Waals surface area (Å²) in [6.07, 6.45) is -1.84. The Morgan fingerprint density at radius 1 is 0.919 bits per heavy atom. The predicted molar refractivity (Wildman–Crippen MR) is 140 cm³/mol. The van der Waals surface area contributed by atoms with Gasteiger partial charge in [0.05, 0.1) is 5.69 Å². The molecule has 3 amide bonds. The minimum absolute atomic E-state index is 0.0878. The molecule has 4 N–H and O–H groups in total. The van der Waals surface area contributed by atoms with Crippen molar-refractivity contribution in [2.45, 2.75) is 44.6 Å². The fourth-order valence-corrected chi connectivity index (χ4v) is 4.24. The van der Waals surface area contributed by atoms with Crippen molar-refractivity contribution in [3.8, 4) is 5.75 Å². The molecule has 4 atom stereocenters. The summed E-state index contributed by atoms with van der Waals surface area (Å²) in [4.78, 5) is 39.8. The fraction of sp³-hybridized carbons (Fsp3) is 0.276. The smallest absolute Gasteiger partial charge is 0.251 e. The van der Waals surface area contributed by atoms with Gasteiger partial charge in [-0.3, -0.25) is 14.4 Å². The second-order valence-corrected chi connectivity index (χ2v) is 9.42. The van der Waals surface area contributed by atoms with Crippen molar-refractivity contribution in [3.05, 3.63) is 96.1 Å². The molecule has 192 valence electrons. The molecule has 0 bridgehead atoms. The summed E-state index contributed by atoms with van der Waals surface area (Å²) in [5, 5.41) is 18.6. The van der Waals surface area contributed by atoms with Crippen LogP contribution in [0.4, 0.5) is 5.69 Å². The fourth-order valence-electron chi connectivity index (χ4n) is 4.24. The highest BCUT2D eigenvalue weighted by Gasteiger charge is 2.38. The molecule has 1 heterocycles. The highest BCUT2D eigenvalue weighted by Crippen LogP contribution is 2.34. The number of ether oxygens (including phenoxy) is 1. The van der Waals surface area contributed by atoms with Crippen LogP contribution < -0.4 is 20.7 Å². The number of amides is 3. The molecular weight excluding hydrogens is 470 g/mol. The third-order valence-corrected chi connectivity index (χ3v) is 6.09. The van der Waals surface area contributed by atoms with Gasteiger partial charge in [0, 0.05) is 0 Å². The standard InChI is InChI=1S/C29H31N3O5/c1-18(2)17-22(33)27(34)31-24(19-11-5-3-6-12-19)28(35)32-25-26(20-13-7-4-8-14-20)37-23-16-10-9-15-21(23)30-29(25)36/h3-16,18,22,24-26,33H,17H2,1-2H3,(H,30,36)(H,31,34)(H,32,35)/t22-,24-,25-,26+/m0/s1. The van der Waals surface area contributed by atoms with Crippen LogP contribution in [0.3, 0.4) is 0 Å². The molecule has 4 rings (SSSR count). The minimum Gasteiger partial charge on any atom is -0.481 e. The van der Waals surface area contributed by atoms with Gasteiger partial charge in [-0.15, -0.1) is 0 Å². The van der Waals surface area contributed by atoms with Gasteiger partial charge in [-0.2, -0.15) is 0 Å². The maximum absolute atomic E-state index is 13.7. The number of para-hydroxylation sites is 2. The molecule has 0 radical (unpaired) electrons. The van der Waals surface area contributed by atoms with E-state index in [0.717, 1.165) is 0 Å². The van der Waals surface area contributed by atoms with Gasteiger partial charge in [0.2, 0.25) is 11.8 Å². The Bertz CT molecular complexity index is 1230. The van der Waals surface area contributed by atoms with Gasteiger partial charge in [0.25, 0.3) is 5.91 Å². The van der Waals surface area contributed by atoms with Crippen molar-refractivity contribution in [1.82, 2.24) is 10.6 Å². The SMILES string of the molecule is CC(C)C[C@H](O)C(=O)N[C@H](C(=O)N[C@@H]1C(=O)Nc2ccccc2O[C@@H]1c1ccccc1)c1ccccc1. The van der Waals surface area contributed by atoms with Crippen LogP contribution in [-0.4, -0.2) is 35.0 Å². The van der Waals surface area contributed by atoms with Crippen LogP contribution in [0.1, 0.15) is 43.5 Å². The van der Waals surface area contributed by atoms with Crippen molar-refractivity contribution >= 4 is 23.4 Å². The van der Waals surface area contributed by atoms with E-state index in [1.807, 2.05) is 44.2 Å². The molecule has 8 heteroatoms. The summed E-state index contributed by atoms with van der Waals surface area (Å²) in [5.41, 5.74) is 1.71. The lowest BCUT2D eigenvalue weighted by atomic mass is 9.99. The summed E-state index contributed by atoms with van der Waals surface area (Å²) in [5.74, 6) is -1.15. The summed E-state index contributed by atoms with van der Waals surface area (Å²) in [6, 6.07) is 22.7. The number of fused-ring (bicyclic) bond motifs is 1. The predicted octanol–water partition coefficient (Wildman–Crippen LogP) is 3.51. The van der Waals surface area contributed by atoms with Crippen molar-refractivity contribution in [1.29, 1.82) is 0 Å². The van der Waals surface area contributed by atoms with Gasteiger partial charge >= 0.3 is 0 Å². The highest BCUT2D eigenvalue weighted by atomic mass is 16.5. The first-order chi connectivity index (χ1) is 17.8. The zero-order valence-electron chi connectivity index (χ0n) is 20.8. The number of hydrogen-bond acceptors (Lipinski definition) is 5. The Labute approximate surface area is 216 Å². The molecule has 8 nitrogen and oxygen atoms in total. The molecule has 3 aromatic carbocycles. The molecule has 1 aliphatic heterocycles. The quantitative estimate of drug-likeness (QED) is 0.377. The third-order valence-electron chi connectivity index (χ3n) is 6.09. The first-order valence-electron chi connectivity index (χ1n) is 12.3. The van der Waals surface area contributed by atoms with Gasteiger partial charge in [0.1, 0.15) is 23.9 Å². The monoisotopic (exact) mass is 501 g/mol. The van der Waals surface area contributed by atoms with E-state index < -0.39 is 42.0 Å². The number of carbonyl (C=O) groups is 3. The van der Waals surface area contributed by atoms with Gasteiger partial charge < -0.3 is 25.8 Å². The molecule has 0 fully saturated rings. The van der Waals surface area contributed by atoms with E-state index in [1.165, 1.54) is 0 Å². The first kappa shape index (κ1) is 25.9. The second-order valence-electron chi connectivity index (χ2n) is 9.42. The molecule has 1 aliphatic rings. The van der Waals surface area contributed by atoms with Crippen molar-refractivity contribution in [2.75, 3.05) is 5.32 Å². The number of nitrogens with one attached hydrogen (secondary N) is 3. The number of hydrogen-bond donors (Lipinski definition) is 4. The third kappa shape index (κ3) is 6.34. The zero-order chi connectivity index (χ0) is 26.4. The van der Waals surface area contributed by atoms with Crippen LogP contribution in [0, 0.1) is 5.92 Å². The van der Waals surface area contributed by atoms with Crippen LogP contribution in [-0.2, 0) is 14.4 Å². The Kier molecular flexibility index (Phi) is 8.20. The average molecular weight is 502 g/mol. The highest BCUT2D eigenvalue weighted by molar-refractivity contribution is 6.00. The average Bonchev–Trinajstić information content (AvgIpc) is 3.03. The lowest BCUT2D eigenvalue weighted by Gasteiger charge is -2.28. The topological polar surface area (TPSA) is 117 Å². The molecular formula is C29H31N3O5. The Morgan fingerprint density at radius 3 is 2.22 bits per heavy atom. The second kappa shape index (κ2) is 11.7. The number of aliphatic hydroxyl groups excluding tert-OH is 1. The summed E-state index contributed by atoms with van der Waals surface area (Å²) in [6.45, 7) is 3.79. The molecule has 0 unspecified atom stereocenters. The number of rotatable bonds is 8. The van der Waals surface area contributed by atoms with Crippen LogP contribution in [0.2, 0.25) is 0 Å². The summed E-state index contributed by atoms with van der Waals surface area (Å²) >= 11 is 0. The molecule has 0 spiro atoms. The van der Waals surface area contributed by atoms with E-state index in [1.54, 1.807) is 54.6 Å². The lowest BCUT2D eigenvalue weighted by Crippen LogP contribution is -2.52. The van der Waals surface area contributed by atoms with Crippen LogP contribution >= 0.6 is 0 Å². The van der Waals surface area contributed by atoms with Crippen molar-refractivity contribution < 1.29 is 24.2 Å². The van der Waals surface area contributed by atoms with Crippen LogP contribution in [0.15, 0.2) is 84.9 Å². The van der Waals surface area contributed by atoms with Gasteiger partial charge in [-0.05, 0) is 35.6 Å². The lowest BCUT2D eigenvalue weighted by molar-refractivity contribution is -0.136. The number of anilines is 1. The Morgan fingerprint density at radius 2 is 1.54 bits per heavy atom. The summed E-state index contributed by atoms with van der Waals surface area (Å²) < 4.78 is 6.25. The van der Waals surface area contributed by atoms with Gasteiger partial charge in [-0.1, -0.05) is 86.6 Å². The van der Waals surface area contributed by atoms with E-state index in [-0.39, 0.29) is 12.3 Å². The van der Waals surface area contributed by atoms with Gasteiger partial charge in [0.15, 0.2) is 6.10 Å². The van der Waals surface area contributed by atoms with Crippen molar-refractivity contribution in [3.63, 3.8) is 0 Å².